The normalized spacial score (nSPS) is 19.2. The van der Waals surface area contributed by atoms with Crippen LogP contribution in [0.3, 0.4) is 0 Å². The van der Waals surface area contributed by atoms with Crippen molar-refractivity contribution in [2.24, 2.45) is 0 Å². The van der Waals surface area contributed by atoms with Crippen LogP contribution < -0.4 is 10.6 Å². The lowest BCUT2D eigenvalue weighted by Gasteiger charge is -2.29. The van der Waals surface area contributed by atoms with Crippen LogP contribution in [0.5, 0.6) is 0 Å². The van der Waals surface area contributed by atoms with Crippen molar-refractivity contribution in [3.8, 4) is 0 Å². The van der Waals surface area contributed by atoms with Gasteiger partial charge in [-0.2, -0.15) is 13.2 Å². The smallest absolute Gasteiger partial charge is 0.335 e. The number of hydrogen-bond acceptors (Lipinski definition) is 5. The van der Waals surface area contributed by atoms with Crippen molar-refractivity contribution in [1.82, 2.24) is 20.5 Å². The van der Waals surface area contributed by atoms with Gasteiger partial charge < -0.3 is 10.2 Å². The molecule has 2 atom stereocenters. The van der Waals surface area contributed by atoms with Crippen molar-refractivity contribution >= 4 is 35.2 Å². The van der Waals surface area contributed by atoms with Crippen LogP contribution in [-0.4, -0.2) is 45.7 Å². The quantitative estimate of drug-likeness (QED) is 0.654. The number of nitrogens with one attached hydrogen (secondary N) is 2. The fourth-order valence-electron chi connectivity index (χ4n) is 3.85. The summed E-state index contributed by atoms with van der Waals surface area (Å²) in [5.74, 6) is -2.51. The molecule has 0 aliphatic carbocycles. The molecular weight excluding hydrogens is 465 g/mol. The molecular formula is C21H16ClF3N4O4. The number of hydrogen-bond donors (Lipinski definition) is 2. The molecule has 33 heavy (non-hydrogen) atoms. The van der Waals surface area contributed by atoms with Gasteiger partial charge in [-0.15, -0.1) is 0 Å². The Kier molecular flexibility index (Phi) is 5.83. The van der Waals surface area contributed by atoms with E-state index in [4.69, 9.17) is 11.6 Å². The molecule has 2 aliphatic heterocycles. The number of carbonyl (C=O) groups is 4. The molecule has 0 radical (unpaired) electrons. The molecule has 2 aliphatic rings. The van der Waals surface area contributed by atoms with Crippen LogP contribution in [0, 0.1) is 0 Å². The van der Waals surface area contributed by atoms with Crippen LogP contribution in [0.25, 0.3) is 0 Å². The molecule has 172 valence electrons. The summed E-state index contributed by atoms with van der Waals surface area (Å²) in [4.78, 5) is 53.8. The van der Waals surface area contributed by atoms with Gasteiger partial charge in [0.2, 0.25) is 11.8 Å². The standard InChI is InChI=1S/C21H16ClF3N4O4/c22-13-2-1-7-26-16(13)17(21(23,24)25)28-18(31)10-3-4-12-11(8-10)9-29(20(12)33)14-5-6-15(30)27-19(14)32/h1-4,7-8,14,17H,5-6,9H2,(H,28,31)(H,27,30,32). The zero-order valence-electron chi connectivity index (χ0n) is 16.8. The fourth-order valence-corrected chi connectivity index (χ4v) is 4.08. The zero-order chi connectivity index (χ0) is 23.9. The largest absolute Gasteiger partial charge is 0.414 e. The van der Waals surface area contributed by atoms with Gasteiger partial charge in [0.25, 0.3) is 11.8 Å². The van der Waals surface area contributed by atoms with Crippen LogP contribution >= 0.6 is 11.6 Å². The van der Waals surface area contributed by atoms with Gasteiger partial charge >= 0.3 is 6.18 Å². The van der Waals surface area contributed by atoms with Gasteiger partial charge in [0.15, 0.2) is 6.04 Å². The number of benzene rings is 1. The second kappa shape index (κ2) is 8.47. The highest BCUT2D eigenvalue weighted by atomic mass is 35.5. The summed E-state index contributed by atoms with van der Waals surface area (Å²) >= 11 is 5.85. The summed E-state index contributed by atoms with van der Waals surface area (Å²) in [6, 6.07) is 3.19. The minimum atomic E-state index is -4.86. The average molecular weight is 481 g/mol. The topological polar surface area (TPSA) is 108 Å². The van der Waals surface area contributed by atoms with E-state index in [1.807, 2.05) is 5.32 Å². The van der Waals surface area contributed by atoms with Crippen molar-refractivity contribution in [3.05, 3.63) is 63.9 Å². The van der Waals surface area contributed by atoms with E-state index in [0.29, 0.717) is 5.56 Å². The first-order chi connectivity index (χ1) is 15.6. The van der Waals surface area contributed by atoms with E-state index in [1.54, 1.807) is 0 Å². The highest BCUT2D eigenvalue weighted by Crippen LogP contribution is 2.35. The third kappa shape index (κ3) is 4.40. The van der Waals surface area contributed by atoms with Crippen molar-refractivity contribution in [2.45, 2.75) is 37.6 Å². The van der Waals surface area contributed by atoms with E-state index < -0.39 is 47.6 Å². The number of imide groups is 1. The van der Waals surface area contributed by atoms with E-state index in [2.05, 4.69) is 10.3 Å². The number of pyridine rings is 1. The molecule has 1 saturated heterocycles. The molecule has 3 heterocycles. The average Bonchev–Trinajstić information content (AvgIpc) is 3.07. The van der Waals surface area contributed by atoms with Gasteiger partial charge in [0.05, 0.1) is 10.7 Å². The number of amides is 4. The Labute approximate surface area is 190 Å². The van der Waals surface area contributed by atoms with E-state index in [0.717, 1.165) is 6.20 Å². The Hall–Kier alpha value is -3.47. The Morgan fingerprint density at radius 2 is 2.00 bits per heavy atom. The van der Waals surface area contributed by atoms with Crippen molar-refractivity contribution in [1.29, 1.82) is 0 Å². The second-order valence-corrected chi connectivity index (χ2v) is 8.00. The lowest BCUT2D eigenvalue weighted by atomic mass is 10.0. The molecule has 0 saturated carbocycles. The number of halogens is 4. The summed E-state index contributed by atoms with van der Waals surface area (Å²) in [5.41, 5.74) is -0.0264. The molecule has 2 aromatic rings. The van der Waals surface area contributed by atoms with Crippen LogP contribution in [0.4, 0.5) is 13.2 Å². The number of rotatable bonds is 4. The van der Waals surface area contributed by atoms with Gasteiger partial charge in [-0.05, 0) is 42.3 Å². The summed E-state index contributed by atoms with van der Waals surface area (Å²) < 4.78 is 40.9. The second-order valence-electron chi connectivity index (χ2n) is 7.59. The van der Waals surface area contributed by atoms with Gasteiger partial charge in [0.1, 0.15) is 6.04 Å². The van der Waals surface area contributed by atoms with Crippen molar-refractivity contribution < 1.29 is 32.3 Å². The summed E-state index contributed by atoms with van der Waals surface area (Å²) in [6.07, 6.45) is -3.48. The van der Waals surface area contributed by atoms with Crippen LogP contribution in [0.2, 0.25) is 5.02 Å². The Balaban J connectivity index is 1.56. The Bertz CT molecular complexity index is 1170. The number of fused-ring (bicyclic) bond motifs is 1. The molecule has 1 aromatic heterocycles. The lowest BCUT2D eigenvalue weighted by molar-refractivity contribution is -0.156. The lowest BCUT2D eigenvalue weighted by Crippen LogP contribution is -2.52. The van der Waals surface area contributed by atoms with Crippen LogP contribution in [0.15, 0.2) is 36.5 Å². The maximum absolute atomic E-state index is 13.6. The molecule has 8 nitrogen and oxygen atoms in total. The maximum atomic E-state index is 13.6. The fraction of sp³-hybridized carbons (Fsp3) is 0.286. The van der Waals surface area contributed by atoms with E-state index in [-0.39, 0.29) is 35.5 Å². The number of alkyl halides is 3. The molecule has 0 spiro atoms. The van der Waals surface area contributed by atoms with Crippen LogP contribution in [-0.2, 0) is 16.1 Å². The highest BCUT2D eigenvalue weighted by molar-refractivity contribution is 6.31. The summed E-state index contributed by atoms with van der Waals surface area (Å²) in [7, 11) is 0. The molecule has 0 bridgehead atoms. The van der Waals surface area contributed by atoms with Gasteiger partial charge in [-0.3, -0.25) is 29.5 Å². The molecule has 4 rings (SSSR count). The number of piperidine rings is 1. The predicted molar refractivity (Wildman–Crippen MR) is 108 cm³/mol. The van der Waals surface area contributed by atoms with Crippen LogP contribution in [0.1, 0.15) is 50.9 Å². The molecule has 1 fully saturated rings. The Morgan fingerprint density at radius 1 is 1.24 bits per heavy atom. The monoisotopic (exact) mass is 480 g/mol. The highest BCUT2D eigenvalue weighted by Gasteiger charge is 2.44. The SMILES string of the molecule is O=C1CCC(N2Cc3cc(C(=O)NC(c4ncccc4Cl)C(F)(F)F)ccc3C2=O)C(=O)N1. The summed E-state index contributed by atoms with van der Waals surface area (Å²) in [5, 5.41) is 3.84. The minimum Gasteiger partial charge on any atom is -0.335 e. The van der Waals surface area contributed by atoms with E-state index >= 15 is 0 Å². The summed E-state index contributed by atoms with van der Waals surface area (Å²) in [6.45, 7) is -0.0175. The first kappa shape index (κ1) is 22.7. The minimum absolute atomic E-state index is 0.0175. The first-order valence-electron chi connectivity index (χ1n) is 9.82. The Morgan fingerprint density at radius 3 is 2.67 bits per heavy atom. The zero-order valence-corrected chi connectivity index (χ0v) is 17.5. The van der Waals surface area contributed by atoms with Gasteiger partial charge in [-0.25, -0.2) is 0 Å². The third-order valence-corrected chi connectivity index (χ3v) is 5.77. The maximum Gasteiger partial charge on any atom is 0.414 e. The molecule has 2 unspecified atom stereocenters. The third-order valence-electron chi connectivity index (χ3n) is 5.45. The predicted octanol–water partition coefficient (Wildman–Crippen LogP) is 2.53. The number of aromatic nitrogens is 1. The van der Waals surface area contributed by atoms with Crippen molar-refractivity contribution in [2.75, 3.05) is 0 Å². The van der Waals surface area contributed by atoms with Gasteiger partial charge in [-0.1, -0.05) is 11.6 Å². The molecule has 12 heteroatoms. The molecule has 2 N–H and O–H groups in total. The van der Waals surface area contributed by atoms with Gasteiger partial charge in [0, 0.05) is 30.3 Å². The number of nitrogens with zero attached hydrogens (tertiary/aromatic N) is 2. The molecule has 4 amide bonds. The first-order valence-corrected chi connectivity index (χ1v) is 10.2. The number of carbonyl (C=O) groups excluding carboxylic acids is 4. The molecule has 1 aromatic carbocycles. The van der Waals surface area contributed by atoms with E-state index in [1.165, 1.54) is 35.2 Å². The van der Waals surface area contributed by atoms with E-state index in [9.17, 15) is 32.3 Å². The van der Waals surface area contributed by atoms with Crippen molar-refractivity contribution in [3.63, 3.8) is 0 Å².